The number of aromatic nitrogens is 1. The van der Waals surface area contributed by atoms with Gasteiger partial charge in [0.15, 0.2) is 23.0 Å². The number of hydrogen-bond acceptors (Lipinski definition) is 7. The molecule has 0 spiro atoms. The Kier molecular flexibility index (Phi) is 10.0. The molecule has 238 valence electrons. The zero-order valence-electron chi connectivity index (χ0n) is 26.5. The number of carbonyl (C=O) groups is 2. The molecule has 0 aliphatic heterocycles. The summed E-state index contributed by atoms with van der Waals surface area (Å²) in [7, 11) is 7.65. The van der Waals surface area contributed by atoms with Crippen molar-refractivity contribution in [2.24, 2.45) is 0 Å². The van der Waals surface area contributed by atoms with Crippen molar-refractivity contribution >= 4 is 28.4 Å². The molecule has 1 aromatic heterocycles. The number of nitrogens with one attached hydrogen (secondary N) is 2. The minimum absolute atomic E-state index is 0.00626. The van der Waals surface area contributed by atoms with Crippen molar-refractivity contribution in [3.63, 3.8) is 0 Å². The molecule has 1 heterocycles. The number of ether oxygens (including phenoxy) is 5. The van der Waals surface area contributed by atoms with Gasteiger partial charge in [0.25, 0.3) is 0 Å². The van der Waals surface area contributed by atoms with Crippen LogP contribution in [0.1, 0.15) is 49.3 Å². The number of rotatable bonds is 12. The Morgan fingerprint density at radius 1 is 0.822 bits per heavy atom. The second-order valence-corrected chi connectivity index (χ2v) is 11.0. The highest BCUT2D eigenvalue weighted by Gasteiger charge is 2.36. The summed E-state index contributed by atoms with van der Waals surface area (Å²) in [5, 5.41) is 4.20. The van der Waals surface area contributed by atoms with E-state index in [1.807, 2.05) is 30.5 Å². The fraction of sp³-hybridized carbons (Fsp3) is 0.371. The van der Waals surface area contributed by atoms with Crippen LogP contribution in [0.3, 0.4) is 0 Å². The van der Waals surface area contributed by atoms with E-state index in [0.29, 0.717) is 40.0 Å². The molecule has 1 fully saturated rings. The van der Waals surface area contributed by atoms with E-state index in [-0.39, 0.29) is 24.3 Å². The average Bonchev–Trinajstić information content (AvgIpc) is 3.48. The normalized spacial score (nSPS) is 14.0. The van der Waals surface area contributed by atoms with E-state index in [2.05, 4.69) is 10.3 Å². The maximum absolute atomic E-state index is 14.6. The van der Waals surface area contributed by atoms with Crippen molar-refractivity contribution in [1.29, 1.82) is 0 Å². The number of hydrogen-bond donors (Lipinski definition) is 2. The minimum atomic E-state index is -1.09. The van der Waals surface area contributed by atoms with E-state index < -0.39 is 6.04 Å². The highest BCUT2D eigenvalue weighted by Crippen LogP contribution is 2.43. The topological polar surface area (TPSA) is 111 Å². The van der Waals surface area contributed by atoms with Crippen LogP contribution in [0, 0.1) is 0 Å². The van der Waals surface area contributed by atoms with Crippen molar-refractivity contribution in [3.05, 3.63) is 71.9 Å². The summed E-state index contributed by atoms with van der Waals surface area (Å²) in [5.74, 6) is 1.47. The lowest BCUT2D eigenvalue weighted by atomic mass is 9.94. The first-order valence-corrected chi connectivity index (χ1v) is 15.1. The van der Waals surface area contributed by atoms with Crippen LogP contribution in [0.4, 0.5) is 5.69 Å². The Bertz CT molecular complexity index is 1620. The number of benzene rings is 3. The monoisotopic (exact) mass is 615 g/mol. The number of carbonyl (C=O) groups excluding carboxylic acids is 2. The number of para-hydroxylation sites is 1. The predicted octanol–water partition coefficient (Wildman–Crippen LogP) is 5.98. The van der Waals surface area contributed by atoms with E-state index in [1.54, 1.807) is 37.4 Å². The van der Waals surface area contributed by atoms with Gasteiger partial charge < -0.3 is 34.0 Å². The van der Waals surface area contributed by atoms with Gasteiger partial charge in [0, 0.05) is 34.9 Å². The number of H-pyrrole nitrogens is 1. The van der Waals surface area contributed by atoms with Crippen LogP contribution in [0.15, 0.2) is 60.8 Å². The molecule has 10 nitrogen and oxygen atoms in total. The first-order chi connectivity index (χ1) is 21.9. The summed E-state index contributed by atoms with van der Waals surface area (Å²) < 4.78 is 28.0. The molecule has 2 amide bonds. The maximum atomic E-state index is 14.6. The second kappa shape index (κ2) is 14.3. The number of amides is 2. The third-order valence-corrected chi connectivity index (χ3v) is 8.39. The van der Waals surface area contributed by atoms with Crippen molar-refractivity contribution in [3.8, 4) is 28.7 Å². The third kappa shape index (κ3) is 6.64. The number of anilines is 1. The third-order valence-electron chi connectivity index (χ3n) is 8.39. The lowest BCUT2D eigenvalue weighted by molar-refractivity contribution is -0.127. The Morgan fingerprint density at radius 3 is 2.13 bits per heavy atom. The second-order valence-electron chi connectivity index (χ2n) is 11.0. The highest BCUT2D eigenvalue weighted by atomic mass is 16.5. The first-order valence-electron chi connectivity index (χ1n) is 15.1. The molecule has 3 aromatic carbocycles. The molecule has 4 aromatic rings. The van der Waals surface area contributed by atoms with Gasteiger partial charge in [-0.25, -0.2) is 0 Å². The molecule has 1 atom stereocenters. The summed E-state index contributed by atoms with van der Waals surface area (Å²) in [4.78, 5) is 33.9. The summed E-state index contributed by atoms with van der Waals surface area (Å²) in [6.45, 7) is 0. The number of fused-ring (bicyclic) bond motifs is 1. The zero-order chi connectivity index (χ0) is 31.9. The molecule has 0 radical (unpaired) electrons. The Labute approximate surface area is 263 Å². The summed E-state index contributed by atoms with van der Waals surface area (Å²) in [5.41, 5.74) is 2.71. The molecule has 2 N–H and O–H groups in total. The summed E-state index contributed by atoms with van der Waals surface area (Å²) in [6, 6.07) is 15.4. The molecule has 1 aliphatic rings. The maximum Gasteiger partial charge on any atom is 0.248 e. The van der Waals surface area contributed by atoms with Crippen molar-refractivity contribution < 1.29 is 33.3 Å². The minimum Gasteiger partial charge on any atom is -0.493 e. The van der Waals surface area contributed by atoms with Gasteiger partial charge in [-0.2, -0.15) is 0 Å². The smallest absolute Gasteiger partial charge is 0.248 e. The first kappa shape index (κ1) is 31.6. The van der Waals surface area contributed by atoms with Crippen LogP contribution in [-0.4, -0.2) is 58.4 Å². The van der Waals surface area contributed by atoms with Crippen LogP contribution in [0.2, 0.25) is 0 Å². The van der Waals surface area contributed by atoms with Gasteiger partial charge in [-0.15, -0.1) is 0 Å². The fourth-order valence-corrected chi connectivity index (χ4v) is 6.14. The molecule has 45 heavy (non-hydrogen) atoms. The van der Waals surface area contributed by atoms with Gasteiger partial charge in [0.05, 0.1) is 42.0 Å². The van der Waals surface area contributed by atoms with Crippen molar-refractivity contribution in [2.45, 2.75) is 50.6 Å². The van der Waals surface area contributed by atoms with E-state index in [4.69, 9.17) is 23.7 Å². The van der Waals surface area contributed by atoms with Crippen molar-refractivity contribution in [1.82, 2.24) is 10.3 Å². The molecule has 1 aliphatic carbocycles. The highest BCUT2D eigenvalue weighted by molar-refractivity contribution is 6.04. The van der Waals surface area contributed by atoms with Gasteiger partial charge in [-0.3, -0.25) is 14.5 Å². The number of nitrogens with zero attached hydrogens (tertiary/aromatic N) is 1. The van der Waals surface area contributed by atoms with Crippen LogP contribution in [0.5, 0.6) is 28.7 Å². The molecular weight excluding hydrogens is 574 g/mol. The Morgan fingerprint density at radius 2 is 1.49 bits per heavy atom. The molecule has 0 bridgehead atoms. The van der Waals surface area contributed by atoms with E-state index in [1.165, 1.54) is 33.3 Å². The van der Waals surface area contributed by atoms with Crippen LogP contribution >= 0.6 is 0 Å². The number of methoxy groups -OCH3 is 5. The van der Waals surface area contributed by atoms with Crippen LogP contribution < -0.4 is 33.9 Å². The molecule has 0 saturated heterocycles. The van der Waals surface area contributed by atoms with Crippen LogP contribution in [0.25, 0.3) is 10.9 Å². The largest absolute Gasteiger partial charge is 0.493 e. The van der Waals surface area contributed by atoms with Gasteiger partial charge >= 0.3 is 0 Å². The SMILES string of the molecule is COc1ccc(N(C(=O)Cc2c[nH]c3ccccc23)C(C(=O)NC2CCCCC2)c2cc(OC)c(OC)c(OC)c2)cc1OC. The lowest BCUT2D eigenvalue weighted by Gasteiger charge is -2.34. The summed E-state index contributed by atoms with van der Waals surface area (Å²) in [6.07, 6.45) is 6.86. The Hall–Kier alpha value is -4.86. The predicted molar refractivity (Wildman–Crippen MR) is 173 cm³/mol. The summed E-state index contributed by atoms with van der Waals surface area (Å²) >= 11 is 0. The average molecular weight is 616 g/mol. The molecule has 5 rings (SSSR count). The Balaban J connectivity index is 1.68. The molecule has 10 heteroatoms. The quantitative estimate of drug-likeness (QED) is 0.202. The van der Waals surface area contributed by atoms with E-state index in [9.17, 15) is 9.59 Å². The fourth-order valence-electron chi connectivity index (χ4n) is 6.14. The number of aromatic amines is 1. The molecule has 1 unspecified atom stereocenters. The molecule has 1 saturated carbocycles. The van der Waals surface area contributed by atoms with Crippen LogP contribution in [-0.2, 0) is 16.0 Å². The standard InChI is InChI=1S/C35H41N3O7/c1-41-28-16-15-25(20-29(28)42-2)38(32(39)19-23-21-36-27-14-10-9-13-26(23)27)33(35(40)37-24-11-7-6-8-12-24)22-17-30(43-3)34(45-5)31(18-22)44-4/h9-10,13-18,20-21,24,33,36H,6-8,11-12,19H2,1-5H3,(H,37,40). The van der Waals surface area contributed by atoms with Gasteiger partial charge in [0.2, 0.25) is 17.6 Å². The van der Waals surface area contributed by atoms with E-state index >= 15 is 0 Å². The van der Waals surface area contributed by atoms with Crippen molar-refractivity contribution in [2.75, 3.05) is 40.4 Å². The zero-order valence-corrected chi connectivity index (χ0v) is 26.5. The lowest BCUT2D eigenvalue weighted by Crippen LogP contribution is -2.47. The molecular formula is C35H41N3O7. The van der Waals surface area contributed by atoms with E-state index in [0.717, 1.165) is 48.6 Å². The van der Waals surface area contributed by atoms with Gasteiger partial charge in [0.1, 0.15) is 6.04 Å². The van der Waals surface area contributed by atoms with Gasteiger partial charge in [-0.1, -0.05) is 37.5 Å². The van der Waals surface area contributed by atoms with Gasteiger partial charge in [-0.05, 0) is 54.3 Å².